The van der Waals surface area contributed by atoms with Crippen molar-refractivity contribution in [3.05, 3.63) is 41.5 Å². The fraction of sp³-hybridized carbons (Fsp3) is 0.333. The van der Waals surface area contributed by atoms with Crippen molar-refractivity contribution in [2.24, 2.45) is 0 Å². The Labute approximate surface area is 103 Å². The molecule has 3 rings (SSSR count). The third kappa shape index (κ3) is 2.61. The topological polar surface area (TPSA) is 37.8 Å². The minimum absolute atomic E-state index is 0.208. The van der Waals surface area contributed by atoms with Crippen LogP contribution in [0.1, 0.15) is 30.1 Å². The van der Waals surface area contributed by atoms with Crippen molar-refractivity contribution < 1.29 is 4.39 Å². The number of anilines is 1. The van der Waals surface area contributed by atoms with Gasteiger partial charge in [-0.05, 0) is 30.5 Å². The summed E-state index contributed by atoms with van der Waals surface area (Å²) in [6, 6.07) is 6.47. The first kappa shape index (κ1) is 10.7. The number of benzene rings is 1. The summed E-state index contributed by atoms with van der Waals surface area (Å²) in [5, 5.41) is 4.05. The number of rotatable bonds is 4. The minimum atomic E-state index is -0.208. The lowest BCUT2D eigenvalue weighted by atomic mass is 10.2. The molecule has 0 atom stereocenters. The van der Waals surface area contributed by atoms with E-state index < -0.39 is 0 Å². The predicted octanol–water partition coefficient (Wildman–Crippen LogP) is 3.17. The van der Waals surface area contributed by atoms with Crippen LogP contribution in [0.4, 0.5) is 9.52 Å². The van der Waals surface area contributed by atoms with Gasteiger partial charge in [0, 0.05) is 24.0 Å². The van der Waals surface area contributed by atoms with E-state index in [-0.39, 0.29) is 5.82 Å². The maximum atomic E-state index is 12.7. The fourth-order valence-corrected chi connectivity index (χ4v) is 2.23. The number of halogens is 1. The molecule has 0 saturated heterocycles. The second-order valence-corrected chi connectivity index (χ2v) is 4.96. The van der Waals surface area contributed by atoms with Gasteiger partial charge in [-0.3, -0.25) is 0 Å². The van der Waals surface area contributed by atoms with Crippen LogP contribution in [-0.4, -0.2) is 9.36 Å². The molecule has 0 aliphatic heterocycles. The smallest absolute Gasteiger partial charge is 0.202 e. The lowest BCUT2D eigenvalue weighted by molar-refractivity contribution is 0.627. The first-order valence-electron chi connectivity index (χ1n) is 5.63. The first-order chi connectivity index (χ1) is 8.31. The van der Waals surface area contributed by atoms with Gasteiger partial charge in [0.05, 0.1) is 0 Å². The lowest BCUT2D eigenvalue weighted by Crippen LogP contribution is -1.99. The van der Waals surface area contributed by atoms with Gasteiger partial charge in [0.2, 0.25) is 5.13 Å². The molecule has 0 bridgehead atoms. The van der Waals surface area contributed by atoms with Crippen LogP contribution in [0.2, 0.25) is 0 Å². The van der Waals surface area contributed by atoms with Crippen LogP contribution < -0.4 is 5.32 Å². The number of nitrogens with one attached hydrogen (secondary N) is 1. The highest BCUT2D eigenvalue weighted by molar-refractivity contribution is 7.09. The predicted molar refractivity (Wildman–Crippen MR) is 65.6 cm³/mol. The Hall–Kier alpha value is -1.49. The molecular formula is C12H12FN3S. The Morgan fingerprint density at radius 2 is 2.06 bits per heavy atom. The van der Waals surface area contributed by atoms with Gasteiger partial charge in [-0.15, -0.1) is 0 Å². The Bertz CT molecular complexity index is 505. The molecule has 1 fully saturated rings. The van der Waals surface area contributed by atoms with Crippen LogP contribution in [0, 0.1) is 5.82 Å². The van der Waals surface area contributed by atoms with E-state index in [1.54, 1.807) is 12.1 Å². The zero-order chi connectivity index (χ0) is 11.7. The molecule has 1 N–H and O–H groups in total. The van der Waals surface area contributed by atoms with Crippen LogP contribution in [0.3, 0.4) is 0 Å². The van der Waals surface area contributed by atoms with Crippen molar-refractivity contribution in [2.45, 2.75) is 25.3 Å². The molecule has 0 unspecified atom stereocenters. The van der Waals surface area contributed by atoms with E-state index in [2.05, 4.69) is 14.7 Å². The Morgan fingerprint density at radius 1 is 1.29 bits per heavy atom. The van der Waals surface area contributed by atoms with Crippen molar-refractivity contribution in [1.82, 2.24) is 9.36 Å². The molecule has 5 heteroatoms. The average molecular weight is 249 g/mol. The molecule has 1 aromatic carbocycles. The zero-order valence-corrected chi connectivity index (χ0v) is 10.0. The van der Waals surface area contributed by atoms with Crippen molar-refractivity contribution in [3.63, 3.8) is 0 Å². The largest absolute Gasteiger partial charge is 0.356 e. The molecule has 3 nitrogen and oxygen atoms in total. The van der Waals surface area contributed by atoms with E-state index in [0.717, 1.165) is 16.5 Å². The van der Waals surface area contributed by atoms with E-state index in [1.165, 1.54) is 36.5 Å². The summed E-state index contributed by atoms with van der Waals surface area (Å²) >= 11 is 1.39. The van der Waals surface area contributed by atoms with Crippen molar-refractivity contribution in [2.75, 3.05) is 5.32 Å². The van der Waals surface area contributed by atoms with Gasteiger partial charge in [-0.1, -0.05) is 12.1 Å². The van der Waals surface area contributed by atoms with Gasteiger partial charge < -0.3 is 5.32 Å². The summed E-state index contributed by atoms with van der Waals surface area (Å²) in [4.78, 5) is 4.43. The third-order valence-corrected chi connectivity index (χ3v) is 3.43. The number of hydrogen-bond donors (Lipinski definition) is 1. The fourth-order valence-electron chi connectivity index (χ4n) is 1.59. The summed E-state index contributed by atoms with van der Waals surface area (Å²) in [5.41, 5.74) is 1.04. The highest BCUT2D eigenvalue weighted by Crippen LogP contribution is 2.39. The molecular weight excluding hydrogens is 237 g/mol. The van der Waals surface area contributed by atoms with Gasteiger partial charge in [0.15, 0.2) is 0 Å². The van der Waals surface area contributed by atoms with Crippen LogP contribution in [0.25, 0.3) is 0 Å². The van der Waals surface area contributed by atoms with Crippen LogP contribution in [0.15, 0.2) is 24.3 Å². The number of hydrogen-bond acceptors (Lipinski definition) is 4. The minimum Gasteiger partial charge on any atom is -0.356 e. The molecule has 0 amide bonds. The van der Waals surface area contributed by atoms with Crippen molar-refractivity contribution in [1.29, 1.82) is 0 Å². The van der Waals surface area contributed by atoms with E-state index in [1.807, 2.05) is 0 Å². The molecule has 0 radical (unpaired) electrons. The Kier molecular flexibility index (Phi) is 2.76. The Balaban J connectivity index is 1.60. The summed E-state index contributed by atoms with van der Waals surface area (Å²) in [7, 11) is 0. The van der Waals surface area contributed by atoms with Crippen LogP contribution in [-0.2, 0) is 6.54 Å². The van der Waals surface area contributed by atoms with E-state index in [0.29, 0.717) is 12.5 Å². The SMILES string of the molecule is Fc1ccc(CNc2nc(C3CC3)ns2)cc1. The summed E-state index contributed by atoms with van der Waals surface area (Å²) < 4.78 is 17.0. The molecule has 1 aliphatic rings. The molecule has 1 aliphatic carbocycles. The zero-order valence-electron chi connectivity index (χ0n) is 9.19. The molecule has 1 aromatic heterocycles. The molecule has 17 heavy (non-hydrogen) atoms. The highest BCUT2D eigenvalue weighted by Gasteiger charge is 2.27. The number of aromatic nitrogens is 2. The van der Waals surface area contributed by atoms with Gasteiger partial charge in [-0.2, -0.15) is 4.37 Å². The Morgan fingerprint density at radius 3 is 2.76 bits per heavy atom. The highest BCUT2D eigenvalue weighted by atomic mass is 32.1. The quantitative estimate of drug-likeness (QED) is 0.904. The second kappa shape index (κ2) is 4.41. The van der Waals surface area contributed by atoms with Gasteiger partial charge >= 0.3 is 0 Å². The summed E-state index contributed by atoms with van der Waals surface area (Å²) in [5.74, 6) is 1.35. The summed E-state index contributed by atoms with van der Waals surface area (Å²) in [6.45, 7) is 0.652. The van der Waals surface area contributed by atoms with E-state index in [9.17, 15) is 4.39 Å². The van der Waals surface area contributed by atoms with Crippen molar-refractivity contribution >= 4 is 16.7 Å². The summed E-state index contributed by atoms with van der Waals surface area (Å²) in [6.07, 6.45) is 2.43. The molecule has 0 spiro atoms. The van der Waals surface area contributed by atoms with Gasteiger partial charge in [0.1, 0.15) is 11.6 Å². The van der Waals surface area contributed by atoms with Gasteiger partial charge in [-0.25, -0.2) is 9.37 Å². The van der Waals surface area contributed by atoms with Crippen LogP contribution >= 0.6 is 11.5 Å². The van der Waals surface area contributed by atoms with Gasteiger partial charge in [0.25, 0.3) is 0 Å². The molecule has 1 heterocycles. The van der Waals surface area contributed by atoms with E-state index in [4.69, 9.17) is 0 Å². The van der Waals surface area contributed by atoms with Crippen molar-refractivity contribution in [3.8, 4) is 0 Å². The lowest BCUT2D eigenvalue weighted by Gasteiger charge is -2.01. The normalized spacial score (nSPS) is 14.9. The van der Waals surface area contributed by atoms with E-state index >= 15 is 0 Å². The molecule has 2 aromatic rings. The third-order valence-electron chi connectivity index (χ3n) is 2.74. The standard InChI is InChI=1S/C12H12FN3S/c13-10-5-1-8(2-6-10)7-14-12-15-11(16-17-12)9-3-4-9/h1-2,5-6,9H,3-4,7H2,(H,14,15,16). The maximum Gasteiger partial charge on any atom is 0.202 e. The number of nitrogens with zero attached hydrogens (tertiary/aromatic N) is 2. The van der Waals surface area contributed by atoms with Crippen LogP contribution in [0.5, 0.6) is 0 Å². The maximum absolute atomic E-state index is 12.7. The molecule has 1 saturated carbocycles. The first-order valence-corrected chi connectivity index (χ1v) is 6.40. The monoisotopic (exact) mass is 249 g/mol. The molecule has 88 valence electrons. The second-order valence-electron chi connectivity index (χ2n) is 4.21. The average Bonchev–Trinajstić information content (AvgIpc) is 3.09.